The quantitative estimate of drug-likeness (QED) is 0.667. The van der Waals surface area contributed by atoms with Gasteiger partial charge < -0.3 is 14.6 Å². The van der Waals surface area contributed by atoms with E-state index in [2.05, 4.69) is 6.92 Å². The van der Waals surface area contributed by atoms with Gasteiger partial charge in [0.2, 0.25) is 0 Å². The maximum absolute atomic E-state index is 10.2. The summed E-state index contributed by atoms with van der Waals surface area (Å²) in [5, 5.41) is 10.2. The number of hydrogen-bond donors (Lipinski definition) is 1. The minimum absolute atomic E-state index is 0.178. The summed E-state index contributed by atoms with van der Waals surface area (Å²) in [6.45, 7) is 4.16. The van der Waals surface area contributed by atoms with E-state index in [4.69, 9.17) is 9.47 Å². The highest BCUT2D eigenvalue weighted by Gasteiger charge is 2.29. The van der Waals surface area contributed by atoms with Crippen molar-refractivity contribution >= 4 is 0 Å². The number of ether oxygens (including phenoxy) is 2. The molecule has 1 saturated carbocycles. The Morgan fingerprint density at radius 2 is 1.94 bits per heavy atom. The lowest BCUT2D eigenvalue weighted by molar-refractivity contribution is 0.00577. The first-order valence-electron chi connectivity index (χ1n) is 7.04. The highest BCUT2D eigenvalue weighted by atomic mass is 16.5. The van der Waals surface area contributed by atoms with Gasteiger partial charge in [0.1, 0.15) is 0 Å². The predicted molar refractivity (Wildman–Crippen MR) is 69.1 cm³/mol. The third-order valence-electron chi connectivity index (χ3n) is 3.98. The molecule has 1 N–H and O–H groups in total. The fourth-order valence-corrected chi connectivity index (χ4v) is 2.91. The van der Waals surface area contributed by atoms with Crippen LogP contribution in [0.4, 0.5) is 0 Å². The van der Waals surface area contributed by atoms with Gasteiger partial charge in [0.25, 0.3) is 0 Å². The molecule has 0 aliphatic heterocycles. The second kappa shape index (κ2) is 8.90. The first-order chi connectivity index (χ1) is 8.29. The minimum atomic E-state index is -0.178. The molecule has 0 aromatic carbocycles. The summed E-state index contributed by atoms with van der Waals surface area (Å²) in [6.07, 6.45) is 6.90. The zero-order valence-corrected chi connectivity index (χ0v) is 11.4. The average Bonchev–Trinajstić information content (AvgIpc) is 2.38. The lowest BCUT2D eigenvalue weighted by Gasteiger charge is -2.34. The van der Waals surface area contributed by atoms with E-state index in [0.29, 0.717) is 25.7 Å². The van der Waals surface area contributed by atoms with Crippen LogP contribution < -0.4 is 0 Å². The van der Waals surface area contributed by atoms with Gasteiger partial charge in [-0.05, 0) is 24.7 Å². The second-order valence-corrected chi connectivity index (χ2v) is 5.08. The summed E-state index contributed by atoms with van der Waals surface area (Å²) in [5.74, 6) is 1.22. The van der Waals surface area contributed by atoms with Crippen LogP contribution >= 0.6 is 0 Å². The highest BCUT2D eigenvalue weighted by molar-refractivity contribution is 4.80. The molecule has 0 aromatic rings. The van der Waals surface area contributed by atoms with Crippen LogP contribution in [0.15, 0.2) is 0 Å². The Kier molecular flexibility index (Phi) is 7.82. The van der Waals surface area contributed by atoms with E-state index in [0.717, 1.165) is 12.3 Å². The Morgan fingerprint density at radius 1 is 1.18 bits per heavy atom. The molecular weight excluding hydrogens is 216 g/mol. The number of aliphatic hydroxyl groups excluding tert-OH is 1. The molecule has 1 aliphatic rings. The van der Waals surface area contributed by atoms with Crippen molar-refractivity contribution in [1.82, 2.24) is 0 Å². The summed E-state index contributed by atoms with van der Waals surface area (Å²) in [4.78, 5) is 0. The van der Waals surface area contributed by atoms with E-state index in [1.807, 2.05) is 0 Å². The van der Waals surface area contributed by atoms with Crippen molar-refractivity contribution in [3.8, 4) is 0 Å². The van der Waals surface area contributed by atoms with E-state index in [9.17, 15) is 5.11 Å². The van der Waals surface area contributed by atoms with E-state index >= 15 is 0 Å². The van der Waals surface area contributed by atoms with Crippen LogP contribution in [0, 0.1) is 11.8 Å². The molecule has 0 spiro atoms. The maximum atomic E-state index is 10.2. The molecular formula is C14H28O3. The maximum Gasteiger partial charge on any atom is 0.0700 e. The highest BCUT2D eigenvalue weighted by Crippen LogP contribution is 2.35. The number of methoxy groups -OCH3 is 1. The largest absolute Gasteiger partial charge is 0.393 e. The molecule has 1 fully saturated rings. The standard InChI is InChI=1S/C14H28O3/c1-3-12-6-4-5-7-13(12)14(15)8-9-17-11-10-16-2/h12-15H,3-11H2,1-2H3. The van der Waals surface area contributed by atoms with Crippen LogP contribution in [0.5, 0.6) is 0 Å². The van der Waals surface area contributed by atoms with Crippen LogP contribution in [-0.4, -0.2) is 38.1 Å². The molecule has 17 heavy (non-hydrogen) atoms. The van der Waals surface area contributed by atoms with E-state index < -0.39 is 0 Å². The smallest absolute Gasteiger partial charge is 0.0700 e. The van der Waals surface area contributed by atoms with Crippen LogP contribution in [0.25, 0.3) is 0 Å². The molecule has 1 rings (SSSR count). The Hall–Kier alpha value is -0.120. The number of rotatable bonds is 8. The van der Waals surface area contributed by atoms with Crippen molar-refractivity contribution in [2.45, 2.75) is 51.6 Å². The van der Waals surface area contributed by atoms with Gasteiger partial charge in [-0.2, -0.15) is 0 Å². The predicted octanol–water partition coefficient (Wildman–Crippen LogP) is 2.62. The van der Waals surface area contributed by atoms with Gasteiger partial charge in [-0.15, -0.1) is 0 Å². The molecule has 0 amide bonds. The fraction of sp³-hybridized carbons (Fsp3) is 1.00. The Bertz CT molecular complexity index is 184. The molecule has 0 aromatic heterocycles. The summed E-state index contributed by atoms with van der Waals surface area (Å²) in [7, 11) is 1.67. The van der Waals surface area contributed by atoms with Crippen LogP contribution in [0.2, 0.25) is 0 Å². The third kappa shape index (κ3) is 5.36. The van der Waals surface area contributed by atoms with Crippen molar-refractivity contribution in [2.75, 3.05) is 26.9 Å². The molecule has 102 valence electrons. The zero-order valence-electron chi connectivity index (χ0n) is 11.4. The molecule has 3 heteroatoms. The van der Waals surface area contributed by atoms with Gasteiger partial charge in [0, 0.05) is 13.7 Å². The molecule has 0 heterocycles. The molecule has 0 bridgehead atoms. The van der Waals surface area contributed by atoms with Gasteiger partial charge in [0.05, 0.1) is 19.3 Å². The third-order valence-corrected chi connectivity index (χ3v) is 3.98. The Labute approximate surface area is 105 Å². The van der Waals surface area contributed by atoms with Gasteiger partial charge in [-0.25, -0.2) is 0 Å². The van der Waals surface area contributed by atoms with Crippen LogP contribution in [-0.2, 0) is 9.47 Å². The van der Waals surface area contributed by atoms with Gasteiger partial charge in [0.15, 0.2) is 0 Å². The summed E-state index contributed by atoms with van der Waals surface area (Å²) < 4.78 is 10.3. The lowest BCUT2D eigenvalue weighted by atomic mass is 9.74. The molecule has 0 radical (unpaired) electrons. The zero-order chi connectivity index (χ0) is 12.5. The van der Waals surface area contributed by atoms with Gasteiger partial charge in [-0.1, -0.05) is 32.6 Å². The van der Waals surface area contributed by atoms with E-state index in [1.165, 1.54) is 32.1 Å². The van der Waals surface area contributed by atoms with Crippen molar-refractivity contribution < 1.29 is 14.6 Å². The van der Waals surface area contributed by atoms with Crippen molar-refractivity contribution in [1.29, 1.82) is 0 Å². The normalized spacial score (nSPS) is 27.0. The van der Waals surface area contributed by atoms with Crippen LogP contribution in [0.3, 0.4) is 0 Å². The Balaban J connectivity index is 2.18. The SMILES string of the molecule is CCC1CCCCC1C(O)CCOCCOC. The molecule has 1 aliphatic carbocycles. The monoisotopic (exact) mass is 244 g/mol. The summed E-state index contributed by atoms with van der Waals surface area (Å²) in [6, 6.07) is 0. The molecule has 3 nitrogen and oxygen atoms in total. The lowest BCUT2D eigenvalue weighted by Crippen LogP contribution is -2.31. The van der Waals surface area contributed by atoms with Gasteiger partial charge >= 0.3 is 0 Å². The topological polar surface area (TPSA) is 38.7 Å². The van der Waals surface area contributed by atoms with Gasteiger partial charge in [-0.3, -0.25) is 0 Å². The van der Waals surface area contributed by atoms with E-state index in [-0.39, 0.29) is 6.10 Å². The fourth-order valence-electron chi connectivity index (χ4n) is 2.91. The molecule has 3 unspecified atom stereocenters. The second-order valence-electron chi connectivity index (χ2n) is 5.08. The molecule has 0 saturated heterocycles. The van der Waals surface area contributed by atoms with E-state index in [1.54, 1.807) is 7.11 Å². The average molecular weight is 244 g/mol. The van der Waals surface area contributed by atoms with Crippen molar-refractivity contribution in [3.05, 3.63) is 0 Å². The van der Waals surface area contributed by atoms with Crippen LogP contribution in [0.1, 0.15) is 45.4 Å². The minimum Gasteiger partial charge on any atom is -0.393 e. The Morgan fingerprint density at radius 3 is 2.65 bits per heavy atom. The first-order valence-corrected chi connectivity index (χ1v) is 7.04. The number of aliphatic hydroxyl groups is 1. The summed E-state index contributed by atoms with van der Waals surface area (Å²) in [5.41, 5.74) is 0. The van der Waals surface area contributed by atoms with Crippen molar-refractivity contribution in [2.24, 2.45) is 11.8 Å². The molecule has 3 atom stereocenters. The summed E-state index contributed by atoms with van der Waals surface area (Å²) >= 11 is 0. The van der Waals surface area contributed by atoms with Crippen molar-refractivity contribution in [3.63, 3.8) is 0 Å². The first kappa shape index (κ1) is 14.9. The number of hydrogen-bond acceptors (Lipinski definition) is 3.